The van der Waals surface area contributed by atoms with Crippen LogP contribution in [0.15, 0.2) is 91.1 Å². The Morgan fingerprint density at radius 2 is 1.24 bits per heavy atom. The van der Waals surface area contributed by atoms with Crippen molar-refractivity contribution < 1.29 is 24.9 Å². The first-order valence-electron chi connectivity index (χ1n) is 12.9. The second kappa shape index (κ2) is 20.4. The molecule has 0 aromatic heterocycles. The molecule has 200 valence electrons. The van der Waals surface area contributed by atoms with Gasteiger partial charge in [-0.1, -0.05) is 85.9 Å². The average Bonchev–Trinajstić information content (AvgIpc) is 2.87. The van der Waals surface area contributed by atoms with E-state index in [2.05, 4.69) is 73.0 Å². The third-order valence-corrected chi connectivity index (χ3v) is 5.25. The van der Waals surface area contributed by atoms with Crippen LogP contribution in [0.3, 0.4) is 0 Å². The van der Waals surface area contributed by atoms with Crippen molar-refractivity contribution in [3.63, 3.8) is 0 Å². The Morgan fingerprint density at radius 1 is 0.757 bits per heavy atom. The van der Waals surface area contributed by atoms with Crippen molar-refractivity contribution in [3.05, 3.63) is 96.7 Å². The summed E-state index contributed by atoms with van der Waals surface area (Å²) >= 11 is 0. The number of aromatic hydroxyl groups is 2. The number of nitrogens with one attached hydrogen (secondary N) is 1. The molecule has 0 saturated carbocycles. The number of amides is 1. The van der Waals surface area contributed by atoms with Crippen LogP contribution >= 0.6 is 0 Å². The lowest BCUT2D eigenvalue weighted by molar-refractivity contribution is -0.141. The molecule has 0 fully saturated rings. The molecule has 1 aromatic rings. The van der Waals surface area contributed by atoms with E-state index in [1.807, 2.05) is 12.2 Å². The highest BCUT2D eigenvalue weighted by atomic mass is 16.4. The van der Waals surface area contributed by atoms with Crippen molar-refractivity contribution in [2.45, 2.75) is 70.8 Å². The van der Waals surface area contributed by atoms with Crippen LogP contribution in [0.25, 0.3) is 0 Å². The van der Waals surface area contributed by atoms with Crippen molar-refractivity contribution in [2.75, 3.05) is 0 Å². The maximum absolute atomic E-state index is 12.1. The number of hydrogen-bond acceptors (Lipinski definition) is 4. The Morgan fingerprint density at radius 3 is 1.70 bits per heavy atom. The number of aliphatic carboxylic acids is 1. The SMILES string of the molecule is CCC=CCC=CCC=CCC=CCC=CCC=CCCC(=O)NC(Cc1ccc(O)c(O)c1)C(=O)O. The molecular weight excluding hydrogens is 466 g/mol. The third-order valence-electron chi connectivity index (χ3n) is 5.25. The highest BCUT2D eigenvalue weighted by Gasteiger charge is 2.20. The lowest BCUT2D eigenvalue weighted by atomic mass is 10.0. The molecule has 0 spiro atoms. The Balaban J connectivity index is 2.17. The second-order valence-electron chi connectivity index (χ2n) is 8.44. The Kier molecular flexibility index (Phi) is 17.2. The van der Waals surface area contributed by atoms with Gasteiger partial charge in [0.05, 0.1) is 0 Å². The van der Waals surface area contributed by atoms with Crippen LogP contribution in [0, 0.1) is 0 Å². The maximum Gasteiger partial charge on any atom is 0.326 e. The molecule has 0 radical (unpaired) electrons. The van der Waals surface area contributed by atoms with Gasteiger partial charge in [-0.05, 0) is 62.6 Å². The number of carbonyl (C=O) groups is 2. The maximum atomic E-state index is 12.1. The Bertz CT molecular complexity index is 985. The highest BCUT2D eigenvalue weighted by molar-refractivity contribution is 5.83. The normalized spacial score (nSPS) is 13.2. The molecule has 0 aliphatic carbocycles. The molecule has 37 heavy (non-hydrogen) atoms. The molecule has 0 bridgehead atoms. The highest BCUT2D eigenvalue weighted by Crippen LogP contribution is 2.25. The van der Waals surface area contributed by atoms with Gasteiger partial charge in [-0.15, -0.1) is 0 Å². The minimum absolute atomic E-state index is 0.00875. The molecule has 1 unspecified atom stereocenters. The van der Waals surface area contributed by atoms with Crippen molar-refractivity contribution in [2.24, 2.45) is 0 Å². The molecule has 1 atom stereocenters. The number of allylic oxidation sites excluding steroid dienone is 12. The van der Waals surface area contributed by atoms with E-state index >= 15 is 0 Å². The van der Waals surface area contributed by atoms with E-state index in [-0.39, 0.29) is 30.2 Å². The van der Waals surface area contributed by atoms with Crippen LogP contribution in [-0.2, 0) is 16.0 Å². The molecule has 6 heteroatoms. The van der Waals surface area contributed by atoms with E-state index in [1.54, 1.807) is 0 Å². The minimum atomic E-state index is -1.16. The second-order valence-corrected chi connectivity index (χ2v) is 8.44. The molecule has 1 rings (SSSR count). The van der Waals surface area contributed by atoms with E-state index in [0.29, 0.717) is 12.0 Å². The summed E-state index contributed by atoms with van der Waals surface area (Å²) < 4.78 is 0. The first-order chi connectivity index (χ1) is 17.9. The first kappa shape index (κ1) is 31.2. The molecule has 0 aliphatic heterocycles. The fourth-order valence-corrected chi connectivity index (χ4v) is 3.25. The smallest absolute Gasteiger partial charge is 0.326 e. The van der Waals surface area contributed by atoms with Crippen molar-refractivity contribution in [1.82, 2.24) is 5.32 Å². The van der Waals surface area contributed by atoms with Gasteiger partial charge in [0.2, 0.25) is 5.91 Å². The van der Waals surface area contributed by atoms with Gasteiger partial charge in [-0.2, -0.15) is 0 Å². The summed E-state index contributed by atoms with van der Waals surface area (Å²) in [6.07, 6.45) is 31.8. The molecule has 1 amide bonds. The first-order valence-corrected chi connectivity index (χ1v) is 12.9. The molecule has 0 aliphatic rings. The van der Waals surface area contributed by atoms with E-state index in [4.69, 9.17) is 0 Å². The van der Waals surface area contributed by atoms with Gasteiger partial charge in [-0.3, -0.25) is 4.79 Å². The summed E-state index contributed by atoms with van der Waals surface area (Å²) in [5.74, 6) is -2.12. The monoisotopic (exact) mass is 507 g/mol. The zero-order chi connectivity index (χ0) is 27.1. The Hall–Kier alpha value is -3.80. The predicted molar refractivity (Wildman–Crippen MR) is 150 cm³/mol. The number of carboxylic acids is 1. The van der Waals surface area contributed by atoms with Crippen molar-refractivity contribution in [3.8, 4) is 11.5 Å². The van der Waals surface area contributed by atoms with Gasteiger partial charge in [-0.25, -0.2) is 4.79 Å². The lowest BCUT2D eigenvalue weighted by Gasteiger charge is -2.14. The molecular formula is C31H41NO5. The molecule has 4 N–H and O–H groups in total. The fourth-order valence-electron chi connectivity index (χ4n) is 3.25. The van der Waals surface area contributed by atoms with Crippen LogP contribution in [0.5, 0.6) is 11.5 Å². The standard InChI is InChI=1S/C31H41NO5/c1-2-3-4-5-6-7-8-9-10-11-12-13-14-15-16-17-18-19-20-21-30(35)32-27(31(36)37)24-26-22-23-28(33)29(34)25-26/h3-4,6-7,9-10,12-13,15-16,18-19,22-23,25,27,33-34H,2,5,8,11,14,17,20-21,24H2,1H3,(H,32,35)(H,36,37). The van der Waals surface area contributed by atoms with Crippen molar-refractivity contribution >= 4 is 11.9 Å². The zero-order valence-electron chi connectivity index (χ0n) is 21.8. The van der Waals surface area contributed by atoms with E-state index in [9.17, 15) is 24.9 Å². The summed E-state index contributed by atoms with van der Waals surface area (Å²) in [6, 6.07) is 2.97. The van der Waals surface area contributed by atoms with Crippen LogP contribution in [0.4, 0.5) is 0 Å². The summed E-state index contributed by atoms with van der Waals surface area (Å²) in [6.45, 7) is 2.14. The van der Waals surface area contributed by atoms with Crippen LogP contribution in [0.2, 0.25) is 0 Å². The molecule has 1 aromatic carbocycles. The van der Waals surface area contributed by atoms with Crippen LogP contribution < -0.4 is 5.32 Å². The van der Waals surface area contributed by atoms with E-state index in [1.165, 1.54) is 18.2 Å². The molecule has 0 saturated heterocycles. The van der Waals surface area contributed by atoms with Gasteiger partial charge in [0.1, 0.15) is 6.04 Å². The lowest BCUT2D eigenvalue weighted by Crippen LogP contribution is -2.42. The number of hydrogen-bond donors (Lipinski definition) is 4. The third kappa shape index (κ3) is 16.5. The molecule has 6 nitrogen and oxygen atoms in total. The number of phenols is 2. The Labute approximate surface area is 221 Å². The summed E-state index contributed by atoms with van der Waals surface area (Å²) in [5.41, 5.74) is 0.500. The topological polar surface area (TPSA) is 107 Å². The predicted octanol–water partition coefficient (Wildman–Crippen LogP) is 6.69. The number of benzene rings is 1. The number of phenolic OH excluding ortho intramolecular Hbond substituents is 2. The molecule has 0 heterocycles. The quantitative estimate of drug-likeness (QED) is 0.131. The largest absolute Gasteiger partial charge is 0.504 e. The van der Waals surface area contributed by atoms with Gasteiger partial charge < -0.3 is 20.6 Å². The summed E-state index contributed by atoms with van der Waals surface area (Å²) in [5, 5.41) is 30.8. The van der Waals surface area contributed by atoms with Gasteiger partial charge in [0.15, 0.2) is 11.5 Å². The minimum Gasteiger partial charge on any atom is -0.504 e. The average molecular weight is 508 g/mol. The van der Waals surface area contributed by atoms with E-state index < -0.39 is 12.0 Å². The van der Waals surface area contributed by atoms with Gasteiger partial charge >= 0.3 is 5.97 Å². The summed E-state index contributed by atoms with van der Waals surface area (Å²) in [4.78, 5) is 23.6. The van der Waals surface area contributed by atoms with E-state index in [0.717, 1.165) is 38.5 Å². The van der Waals surface area contributed by atoms with Crippen LogP contribution in [0.1, 0.15) is 63.9 Å². The fraction of sp³-hybridized carbons (Fsp3) is 0.355. The van der Waals surface area contributed by atoms with Gasteiger partial charge in [0, 0.05) is 12.8 Å². The number of carbonyl (C=O) groups excluding carboxylic acids is 1. The van der Waals surface area contributed by atoms with Gasteiger partial charge in [0.25, 0.3) is 0 Å². The van der Waals surface area contributed by atoms with Crippen LogP contribution in [-0.4, -0.2) is 33.2 Å². The zero-order valence-corrected chi connectivity index (χ0v) is 21.8. The number of carboxylic acid groups (broad SMARTS) is 1. The summed E-state index contributed by atoms with van der Waals surface area (Å²) in [7, 11) is 0. The van der Waals surface area contributed by atoms with Crippen molar-refractivity contribution in [1.29, 1.82) is 0 Å². The number of rotatable bonds is 18.